The van der Waals surface area contributed by atoms with Gasteiger partial charge in [-0.2, -0.15) is 0 Å². The summed E-state index contributed by atoms with van der Waals surface area (Å²) in [5.41, 5.74) is 12.7. The topological polar surface area (TPSA) is 31.0 Å². The number of oxazole rings is 1. The predicted molar refractivity (Wildman–Crippen MR) is 151 cm³/mol. The minimum Gasteiger partial charge on any atom is -0.443 e. The van der Waals surface area contributed by atoms with E-state index in [0.29, 0.717) is 0 Å². The Bertz CT molecular complexity index is 2010. The zero-order valence-corrected chi connectivity index (χ0v) is 20.7. The van der Waals surface area contributed by atoms with Crippen LogP contribution in [0.2, 0.25) is 0 Å². The highest BCUT2D eigenvalue weighted by atomic mass is 16.3. The van der Waals surface area contributed by atoms with Crippen molar-refractivity contribution in [3.63, 3.8) is 0 Å². The number of aromatic nitrogens is 2. The molecule has 5 aromatic carbocycles. The fraction of sp³-hybridized carbons (Fsp3) is 0.0882. The van der Waals surface area contributed by atoms with Gasteiger partial charge in [0.05, 0.1) is 11.0 Å². The number of nitrogens with zero attached hydrogens (tertiary/aromatic N) is 2. The molecule has 8 rings (SSSR count). The van der Waals surface area contributed by atoms with E-state index in [0.717, 1.165) is 27.9 Å². The van der Waals surface area contributed by atoms with Crippen molar-refractivity contribution >= 4 is 32.9 Å². The third-order valence-electron chi connectivity index (χ3n) is 8.14. The summed E-state index contributed by atoms with van der Waals surface area (Å²) in [5.74, 6) is 0. The van der Waals surface area contributed by atoms with Crippen LogP contribution in [-0.4, -0.2) is 9.55 Å². The largest absolute Gasteiger partial charge is 0.443 e. The van der Waals surface area contributed by atoms with Crippen LogP contribution in [0, 0.1) is 0 Å². The molecule has 2 heterocycles. The van der Waals surface area contributed by atoms with Crippen molar-refractivity contribution in [3.8, 4) is 27.9 Å². The van der Waals surface area contributed by atoms with Crippen LogP contribution in [0.3, 0.4) is 0 Å². The lowest BCUT2D eigenvalue weighted by atomic mass is 9.82. The van der Waals surface area contributed by atoms with Gasteiger partial charge in [-0.05, 0) is 58.1 Å². The van der Waals surface area contributed by atoms with Gasteiger partial charge in [-0.15, -0.1) is 0 Å². The standard InChI is InChI=1S/C34H24N2O/c1-34(2)28-14-8-6-12-23(28)26-19-32-27(18-29(26)34)24-13-7-9-15-31(24)36(32)22-16-25(21-10-4-3-5-11-21)33-30(17-22)35-20-37-33/h3-20H,1-2H3. The van der Waals surface area contributed by atoms with E-state index in [4.69, 9.17) is 4.42 Å². The van der Waals surface area contributed by atoms with Gasteiger partial charge in [-0.25, -0.2) is 4.98 Å². The molecule has 1 aliphatic rings. The fourth-order valence-corrected chi connectivity index (χ4v) is 6.36. The van der Waals surface area contributed by atoms with E-state index in [-0.39, 0.29) is 5.41 Å². The highest BCUT2D eigenvalue weighted by Gasteiger charge is 2.36. The number of benzene rings is 5. The van der Waals surface area contributed by atoms with Crippen molar-refractivity contribution < 1.29 is 4.42 Å². The molecule has 2 aromatic heterocycles. The molecule has 0 bridgehead atoms. The van der Waals surface area contributed by atoms with Gasteiger partial charge in [0.1, 0.15) is 5.52 Å². The highest BCUT2D eigenvalue weighted by molar-refractivity contribution is 6.11. The maximum Gasteiger partial charge on any atom is 0.182 e. The van der Waals surface area contributed by atoms with E-state index in [1.807, 2.05) is 6.07 Å². The number of hydrogen-bond acceptors (Lipinski definition) is 2. The van der Waals surface area contributed by atoms with E-state index < -0.39 is 0 Å². The Morgan fingerprint density at radius 1 is 0.649 bits per heavy atom. The van der Waals surface area contributed by atoms with Crippen molar-refractivity contribution in [1.29, 1.82) is 0 Å². The van der Waals surface area contributed by atoms with Crippen LogP contribution in [0.4, 0.5) is 0 Å². The smallest absolute Gasteiger partial charge is 0.182 e. The second-order valence-electron chi connectivity index (χ2n) is 10.5. The Morgan fingerprint density at radius 3 is 2.32 bits per heavy atom. The Morgan fingerprint density at radius 2 is 1.43 bits per heavy atom. The summed E-state index contributed by atoms with van der Waals surface area (Å²) in [4.78, 5) is 4.56. The van der Waals surface area contributed by atoms with Gasteiger partial charge < -0.3 is 8.98 Å². The SMILES string of the molecule is CC1(C)c2ccccc2-c2cc3c(cc21)c1ccccc1n3-c1cc(-c2ccccc2)c2ocnc2c1. The molecule has 0 unspecified atom stereocenters. The molecule has 0 radical (unpaired) electrons. The van der Waals surface area contributed by atoms with E-state index in [1.54, 1.807) is 6.39 Å². The fourth-order valence-electron chi connectivity index (χ4n) is 6.36. The molecule has 3 heteroatoms. The van der Waals surface area contributed by atoms with Crippen molar-refractivity contribution in [1.82, 2.24) is 9.55 Å². The molecule has 0 amide bonds. The molecule has 1 aliphatic carbocycles. The number of rotatable bonds is 2. The van der Waals surface area contributed by atoms with Crippen molar-refractivity contribution in [3.05, 3.63) is 121 Å². The molecule has 0 N–H and O–H groups in total. The second-order valence-corrected chi connectivity index (χ2v) is 10.5. The Kier molecular flexibility index (Phi) is 4.00. The average Bonchev–Trinajstić information content (AvgIpc) is 3.60. The van der Waals surface area contributed by atoms with Crippen LogP contribution in [0.25, 0.3) is 60.8 Å². The van der Waals surface area contributed by atoms with E-state index in [1.165, 1.54) is 44.1 Å². The van der Waals surface area contributed by atoms with Gasteiger partial charge in [0.2, 0.25) is 0 Å². The lowest BCUT2D eigenvalue weighted by molar-refractivity contribution is 0.603. The Labute approximate surface area is 214 Å². The van der Waals surface area contributed by atoms with Gasteiger partial charge in [-0.1, -0.05) is 86.6 Å². The molecule has 3 nitrogen and oxygen atoms in total. The Hall–Kier alpha value is -4.63. The summed E-state index contributed by atoms with van der Waals surface area (Å²) in [7, 11) is 0. The molecule has 0 spiro atoms. The average molecular weight is 477 g/mol. The van der Waals surface area contributed by atoms with Gasteiger partial charge in [0.15, 0.2) is 12.0 Å². The lowest BCUT2D eigenvalue weighted by Crippen LogP contribution is -2.14. The van der Waals surface area contributed by atoms with Crippen molar-refractivity contribution in [2.45, 2.75) is 19.3 Å². The van der Waals surface area contributed by atoms with Crippen molar-refractivity contribution in [2.75, 3.05) is 0 Å². The van der Waals surface area contributed by atoms with Crippen LogP contribution < -0.4 is 0 Å². The molecular formula is C34H24N2O. The quantitative estimate of drug-likeness (QED) is 0.249. The number of para-hydroxylation sites is 1. The zero-order chi connectivity index (χ0) is 24.7. The lowest BCUT2D eigenvalue weighted by Gasteiger charge is -2.21. The minimum atomic E-state index is -0.0383. The van der Waals surface area contributed by atoms with Crippen LogP contribution in [0.1, 0.15) is 25.0 Å². The summed E-state index contributed by atoms with van der Waals surface area (Å²) in [6.07, 6.45) is 1.54. The number of hydrogen-bond donors (Lipinski definition) is 0. The summed E-state index contributed by atoms with van der Waals surface area (Å²) in [5, 5.41) is 2.53. The highest BCUT2D eigenvalue weighted by Crippen LogP contribution is 2.51. The zero-order valence-electron chi connectivity index (χ0n) is 20.7. The van der Waals surface area contributed by atoms with Crippen molar-refractivity contribution in [2.24, 2.45) is 0 Å². The molecule has 37 heavy (non-hydrogen) atoms. The van der Waals surface area contributed by atoms with Gasteiger partial charge in [0, 0.05) is 27.4 Å². The third-order valence-corrected chi connectivity index (χ3v) is 8.14. The Balaban J connectivity index is 1.49. The summed E-state index contributed by atoms with van der Waals surface area (Å²) in [6, 6.07) is 37.2. The summed E-state index contributed by atoms with van der Waals surface area (Å²) in [6.45, 7) is 4.68. The normalized spacial score (nSPS) is 13.9. The van der Waals surface area contributed by atoms with Crippen LogP contribution in [-0.2, 0) is 5.41 Å². The van der Waals surface area contributed by atoms with Crippen LogP contribution >= 0.6 is 0 Å². The van der Waals surface area contributed by atoms with Gasteiger partial charge in [-0.3, -0.25) is 0 Å². The van der Waals surface area contributed by atoms with Gasteiger partial charge >= 0.3 is 0 Å². The molecule has 7 aromatic rings. The number of fused-ring (bicyclic) bond motifs is 7. The molecular weight excluding hydrogens is 452 g/mol. The first-order valence-electron chi connectivity index (χ1n) is 12.7. The molecule has 0 fully saturated rings. The van der Waals surface area contributed by atoms with E-state index in [9.17, 15) is 0 Å². The summed E-state index contributed by atoms with van der Waals surface area (Å²) >= 11 is 0. The van der Waals surface area contributed by atoms with Gasteiger partial charge in [0.25, 0.3) is 0 Å². The summed E-state index contributed by atoms with van der Waals surface area (Å²) < 4.78 is 8.24. The second kappa shape index (κ2) is 7.21. The first-order valence-corrected chi connectivity index (χ1v) is 12.7. The maximum atomic E-state index is 5.85. The monoisotopic (exact) mass is 476 g/mol. The maximum absolute atomic E-state index is 5.85. The third kappa shape index (κ3) is 2.74. The molecule has 0 atom stereocenters. The van der Waals surface area contributed by atoms with Crippen LogP contribution in [0.15, 0.2) is 114 Å². The molecule has 176 valence electrons. The first kappa shape index (κ1) is 20.6. The van der Waals surface area contributed by atoms with E-state index in [2.05, 4.69) is 120 Å². The molecule has 0 saturated heterocycles. The van der Waals surface area contributed by atoms with E-state index >= 15 is 0 Å². The molecule has 0 aliphatic heterocycles. The first-order chi connectivity index (χ1) is 18.1. The predicted octanol–water partition coefficient (Wildman–Crippen LogP) is 8.90. The van der Waals surface area contributed by atoms with Crippen LogP contribution in [0.5, 0.6) is 0 Å². The molecule has 0 saturated carbocycles. The minimum absolute atomic E-state index is 0.0383.